The second kappa shape index (κ2) is 4.73. The van der Waals surface area contributed by atoms with Crippen LogP contribution in [0.1, 0.15) is 12.0 Å². The first kappa shape index (κ1) is 11.1. The van der Waals surface area contributed by atoms with Gasteiger partial charge in [0.05, 0.1) is 11.4 Å². The number of hydrogen-bond acceptors (Lipinski definition) is 2. The number of aryl methyl sites for hydroxylation is 1. The van der Waals surface area contributed by atoms with E-state index in [1.165, 1.54) is 22.6 Å². The van der Waals surface area contributed by atoms with Gasteiger partial charge >= 0.3 is 0 Å². The summed E-state index contributed by atoms with van der Waals surface area (Å²) in [5.41, 5.74) is 5.16. The Morgan fingerprint density at radius 3 is 2.50 bits per heavy atom. The van der Waals surface area contributed by atoms with Crippen molar-refractivity contribution in [3.63, 3.8) is 0 Å². The molecule has 18 heavy (non-hydrogen) atoms. The summed E-state index contributed by atoms with van der Waals surface area (Å²) in [5.74, 6) is 0. The number of fused-ring (bicyclic) bond motifs is 1. The highest BCUT2D eigenvalue weighted by Gasteiger charge is 2.16. The van der Waals surface area contributed by atoms with E-state index in [0.29, 0.717) is 0 Å². The molecule has 0 amide bonds. The maximum absolute atomic E-state index is 3.50. The Hall–Kier alpha value is -1.96. The van der Waals surface area contributed by atoms with Crippen molar-refractivity contribution in [3.8, 4) is 0 Å². The summed E-state index contributed by atoms with van der Waals surface area (Å²) in [5, 5.41) is 3.50. The second-order valence-corrected chi connectivity index (χ2v) is 4.74. The minimum Gasteiger partial charge on any atom is -0.383 e. The van der Waals surface area contributed by atoms with Crippen LogP contribution in [0.25, 0.3) is 0 Å². The number of hydrogen-bond donors (Lipinski definition) is 1. The van der Waals surface area contributed by atoms with Gasteiger partial charge < -0.3 is 10.2 Å². The predicted molar refractivity (Wildman–Crippen MR) is 77.7 cm³/mol. The van der Waals surface area contributed by atoms with E-state index in [0.717, 1.165) is 19.5 Å². The molecule has 0 unspecified atom stereocenters. The van der Waals surface area contributed by atoms with Crippen LogP contribution in [0.5, 0.6) is 0 Å². The number of benzene rings is 2. The fourth-order valence-electron chi connectivity index (χ4n) is 2.56. The highest BCUT2D eigenvalue weighted by Crippen LogP contribution is 2.35. The van der Waals surface area contributed by atoms with Crippen molar-refractivity contribution >= 4 is 17.1 Å². The van der Waals surface area contributed by atoms with Gasteiger partial charge in [0, 0.05) is 18.8 Å². The molecule has 3 rings (SSSR count). The standard InChI is InChI=1S/C16H18N2/c1-13-7-2-4-9-15(13)18-12-6-11-17-14-8-3-5-10-16(14)18/h2-5,7-10,17H,6,11-12H2,1H3. The van der Waals surface area contributed by atoms with Gasteiger partial charge in [-0.15, -0.1) is 0 Å². The lowest BCUT2D eigenvalue weighted by Crippen LogP contribution is -2.18. The van der Waals surface area contributed by atoms with Crippen molar-refractivity contribution in [2.75, 3.05) is 23.3 Å². The van der Waals surface area contributed by atoms with Gasteiger partial charge in [0.1, 0.15) is 0 Å². The van der Waals surface area contributed by atoms with E-state index in [4.69, 9.17) is 0 Å². The smallest absolute Gasteiger partial charge is 0.0646 e. The molecule has 0 fully saturated rings. The molecule has 0 spiro atoms. The molecule has 0 saturated heterocycles. The van der Waals surface area contributed by atoms with Crippen molar-refractivity contribution in [1.82, 2.24) is 0 Å². The van der Waals surface area contributed by atoms with Crippen LogP contribution in [0.4, 0.5) is 17.1 Å². The average Bonchev–Trinajstić information content (AvgIpc) is 2.62. The normalized spacial score (nSPS) is 14.6. The highest BCUT2D eigenvalue weighted by molar-refractivity contribution is 5.78. The Balaban J connectivity index is 2.10. The maximum atomic E-state index is 3.50. The van der Waals surface area contributed by atoms with Crippen LogP contribution in [0.3, 0.4) is 0 Å². The summed E-state index contributed by atoms with van der Waals surface area (Å²) >= 11 is 0. The number of rotatable bonds is 1. The van der Waals surface area contributed by atoms with Crippen LogP contribution in [0.2, 0.25) is 0 Å². The summed E-state index contributed by atoms with van der Waals surface area (Å²) in [6, 6.07) is 17.1. The third-order valence-electron chi connectivity index (χ3n) is 3.48. The Bertz CT molecular complexity index is 548. The van der Waals surface area contributed by atoms with Gasteiger partial charge in [0.25, 0.3) is 0 Å². The minimum absolute atomic E-state index is 1.04. The van der Waals surface area contributed by atoms with Crippen molar-refractivity contribution in [1.29, 1.82) is 0 Å². The molecule has 0 bridgehead atoms. The summed E-state index contributed by atoms with van der Waals surface area (Å²) in [4.78, 5) is 2.42. The number of anilines is 3. The Morgan fingerprint density at radius 1 is 0.944 bits per heavy atom. The minimum atomic E-state index is 1.04. The zero-order valence-corrected chi connectivity index (χ0v) is 10.7. The number of para-hydroxylation sites is 3. The van der Waals surface area contributed by atoms with Crippen LogP contribution in [-0.2, 0) is 0 Å². The lowest BCUT2D eigenvalue weighted by Gasteiger charge is -2.26. The topological polar surface area (TPSA) is 15.3 Å². The summed E-state index contributed by atoms with van der Waals surface area (Å²) in [7, 11) is 0. The molecular weight excluding hydrogens is 220 g/mol. The Labute approximate surface area is 108 Å². The Kier molecular flexibility index (Phi) is 2.93. The monoisotopic (exact) mass is 238 g/mol. The molecule has 1 N–H and O–H groups in total. The SMILES string of the molecule is Cc1ccccc1N1CCCNc2ccccc21. The first-order valence-electron chi connectivity index (χ1n) is 6.52. The third-order valence-corrected chi connectivity index (χ3v) is 3.48. The molecule has 2 aromatic rings. The van der Waals surface area contributed by atoms with Crippen LogP contribution in [0, 0.1) is 6.92 Å². The Morgan fingerprint density at radius 2 is 1.67 bits per heavy atom. The highest BCUT2D eigenvalue weighted by atomic mass is 15.2. The molecule has 2 nitrogen and oxygen atoms in total. The molecule has 0 atom stereocenters. The fraction of sp³-hybridized carbons (Fsp3) is 0.250. The van der Waals surface area contributed by atoms with Crippen LogP contribution >= 0.6 is 0 Å². The van der Waals surface area contributed by atoms with E-state index >= 15 is 0 Å². The quantitative estimate of drug-likeness (QED) is 0.809. The van der Waals surface area contributed by atoms with E-state index < -0.39 is 0 Å². The zero-order valence-electron chi connectivity index (χ0n) is 10.7. The predicted octanol–water partition coefficient (Wildman–Crippen LogP) is 3.95. The molecule has 1 aliphatic heterocycles. The van der Waals surface area contributed by atoms with Crippen LogP contribution in [-0.4, -0.2) is 13.1 Å². The van der Waals surface area contributed by atoms with E-state index in [9.17, 15) is 0 Å². The van der Waals surface area contributed by atoms with E-state index in [1.54, 1.807) is 0 Å². The lowest BCUT2D eigenvalue weighted by molar-refractivity contribution is 0.861. The van der Waals surface area contributed by atoms with Gasteiger partial charge in [-0.05, 0) is 37.1 Å². The van der Waals surface area contributed by atoms with Crippen molar-refractivity contribution < 1.29 is 0 Å². The molecule has 0 aromatic heterocycles. The first-order valence-corrected chi connectivity index (χ1v) is 6.52. The van der Waals surface area contributed by atoms with Crippen molar-refractivity contribution in [2.24, 2.45) is 0 Å². The fourth-order valence-corrected chi connectivity index (χ4v) is 2.56. The number of nitrogens with one attached hydrogen (secondary N) is 1. The molecule has 0 saturated carbocycles. The van der Waals surface area contributed by atoms with Crippen molar-refractivity contribution in [3.05, 3.63) is 54.1 Å². The molecule has 2 heteroatoms. The van der Waals surface area contributed by atoms with Gasteiger partial charge in [0.15, 0.2) is 0 Å². The first-order chi connectivity index (χ1) is 8.86. The van der Waals surface area contributed by atoms with Gasteiger partial charge in [-0.25, -0.2) is 0 Å². The molecule has 92 valence electrons. The summed E-state index contributed by atoms with van der Waals surface area (Å²) < 4.78 is 0. The van der Waals surface area contributed by atoms with E-state index in [-0.39, 0.29) is 0 Å². The van der Waals surface area contributed by atoms with Crippen LogP contribution in [0.15, 0.2) is 48.5 Å². The number of nitrogens with zero attached hydrogens (tertiary/aromatic N) is 1. The average molecular weight is 238 g/mol. The zero-order chi connectivity index (χ0) is 12.4. The van der Waals surface area contributed by atoms with Gasteiger partial charge in [-0.2, -0.15) is 0 Å². The molecule has 1 heterocycles. The molecule has 2 aromatic carbocycles. The summed E-state index contributed by atoms with van der Waals surface area (Å²) in [6.45, 7) is 4.28. The van der Waals surface area contributed by atoms with E-state index in [2.05, 4.69) is 65.7 Å². The largest absolute Gasteiger partial charge is 0.383 e. The molecule has 0 radical (unpaired) electrons. The van der Waals surface area contributed by atoms with Crippen LogP contribution < -0.4 is 10.2 Å². The summed E-state index contributed by atoms with van der Waals surface area (Å²) in [6.07, 6.45) is 1.16. The molecule has 0 aliphatic carbocycles. The van der Waals surface area contributed by atoms with E-state index in [1.807, 2.05) is 0 Å². The lowest BCUT2D eigenvalue weighted by atomic mass is 10.1. The maximum Gasteiger partial charge on any atom is 0.0646 e. The van der Waals surface area contributed by atoms with Gasteiger partial charge in [-0.1, -0.05) is 30.3 Å². The van der Waals surface area contributed by atoms with Crippen molar-refractivity contribution in [2.45, 2.75) is 13.3 Å². The molecular formula is C16H18N2. The molecule has 1 aliphatic rings. The van der Waals surface area contributed by atoms with Gasteiger partial charge in [-0.3, -0.25) is 0 Å². The second-order valence-electron chi connectivity index (χ2n) is 4.74. The van der Waals surface area contributed by atoms with Gasteiger partial charge in [0.2, 0.25) is 0 Å². The third kappa shape index (κ3) is 1.94.